The van der Waals surface area contributed by atoms with Gasteiger partial charge in [-0.3, -0.25) is 0 Å². The molecule has 1 unspecified atom stereocenters. The molecular formula is C12H25N. The first-order chi connectivity index (χ1) is 6.22. The molecule has 1 aliphatic rings. The standard InChI is InChI=1S/C12H25N/c1-3-11-6-8-12(9-7-11)5-4-10(2)13/h10-12H,3-9,13H2,1-2H3. The Morgan fingerprint density at radius 1 is 1.15 bits per heavy atom. The molecule has 1 heteroatoms. The third kappa shape index (κ3) is 4.12. The number of nitrogens with two attached hydrogens (primary N) is 1. The SMILES string of the molecule is CCC1CCC(CCC(C)N)CC1. The van der Waals surface area contributed by atoms with Crippen LogP contribution in [0.2, 0.25) is 0 Å². The molecule has 1 saturated carbocycles. The normalized spacial score (nSPS) is 31.6. The lowest BCUT2D eigenvalue weighted by molar-refractivity contribution is 0.252. The Kier molecular flexibility index (Phi) is 4.79. The van der Waals surface area contributed by atoms with E-state index in [4.69, 9.17) is 5.73 Å². The van der Waals surface area contributed by atoms with Crippen molar-refractivity contribution in [3.63, 3.8) is 0 Å². The van der Waals surface area contributed by atoms with Crippen LogP contribution in [0.5, 0.6) is 0 Å². The van der Waals surface area contributed by atoms with Gasteiger partial charge in [-0.15, -0.1) is 0 Å². The lowest BCUT2D eigenvalue weighted by Crippen LogP contribution is -2.19. The van der Waals surface area contributed by atoms with E-state index in [1.807, 2.05) is 0 Å². The van der Waals surface area contributed by atoms with Crippen LogP contribution in [0, 0.1) is 11.8 Å². The van der Waals surface area contributed by atoms with Gasteiger partial charge in [0.05, 0.1) is 0 Å². The van der Waals surface area contributed by atoms with Crippen molar-refractivity contribution in [1.82, 2.24) is 0 Å². The first kappa shape index (κ1) is 11.0. The van der Waals surface area contributed by atoms with E-state index in [0.29, 0.717) is 6.04 Å². The van der Waals surface area contributed by atoms with Crippen LogP contribution in [-0.4, -0.2) is 6.04 Å². The van der Waals surface area contributed by atoms with Gasteiger partial charge in [-0.25, -0.2) is 0 Å². The molecule has 0 radical (unpaired) electrons. The van der Waals surface area contributed by atoms with Crippen LogP contribution in [0.25, 0.3) is 0 Å². The second-order valence-electron chi connectivity index (χ2n) is 4.85. The average Bonchev–Trinajstić information content (AvgIpc) is 2.15. The highest BCUT2D eigenvalue weighted by molar-refractivity contribution is 4.72. The van der Waals surface area contributed by atoms with Gasteiger partial charge in [0.1, 0.15) is 0 Å². The fraction of sp³-hybridized carbons (Fsp3) is 1.00. The molecule has 78 valence electrons. The van der Waals surface area contributed by atoms with Gasteiger partial charge >= 0.3 is 0 Å². The summed E-state index contributed by atoms with van der Waals surface area (Å²) in [6, 6.07) is 0.406. The molecule has 0 aromatic carbocycles. The lowest BCUT2D eigenvalue weighted by atomic mass is 9.79. The minimum Gasteiger partial charge on any atom is -0.328 e. The summed E-state index contributed by atoms with van der Waals surface area (Å²) in [6.07, 6.45) is 9.85. The fourth-order valence-electron chi connectivity index (χ4n) is 2.43. The second kappa shape index (κ2) is 5.64. The van der Waals surface area contributed by atoms with Gasteiger partial charge in [-0.2, -0.15) is 0 Å². The summed E-state index contributed by atoms with van der Waals surface area (Å²) in [7, 11) is 0. The zero-order chi connectivity index (χ0) is 9.68. The zero-order valence-corrected chi connectivity index (χ0v) is 9.26. The summed E-state index contributed by atoms with van der Waals surface area (Å²) in [4.78, 5) is 0. The Balaban J connectivity index is 2.10. The summed E-state index contributed by atoms with van der Waals surface area (Å²) in [5.41, 5.74) is 5.76. The molecule has 1 rings (SSSR count). The molecule has 13 heavy (non-hydrogen) atoms. The van der Waals surface area contributed by atoms with E-state index in [2.05, 4.69) is 13.8 Å². The highest BCUT2D eigenvalue weighted by Crippen LogP contribution is 2.32. The van der Waals surface area contributed by atoms with Crippen LogP contribution >= 0.6 is 0 Å². The van der Waals surface area contributed by atoms with Crippen molar-refractivity contribution in [2.45, 2.75) is 64.8 Å². The number of rotatable bonds is 4. The van der Waals surface area contributed by atoms with Crippen molar-refractivity contribution in [2.75, 3.05) is 0 Å². The highest BCUT2D eigenvalue weighted by atomic mass is 14.6. The van der Waals surface area contributed by atoms with Gasteiger partial charge < -0.3 is 5.73 Å². The molecule has 1 fully saturated rings. The maximum atomic E-state index is 5.76. The summed E-state index contributed by atoms with van der Waals surface area (Å²) >= 11 is 0. The highest BCUT2D eigenvalue weighted by Gasteiger charge is 2.19. The van der Waals surface area contributed by atoms with E-state index in [-0.39, 0.29) is 0 Å². The Hall–Kier alpha value is -0.0400. The van der Waals surface area contributed by atoms with Gasteiger partial charge in [0, 0.05) is 6.04 Å². The van der Waals surface area contributed by atoms with E-state index in [1.54, 1.807) is 0 Å². The molecule has 0 saturated heterocycles. The third-order valence-electron chi connectivity index (χ3n) is 3.57. The van der Waals surface area contributed by atoms with Gasteiger partial charge in [0.25, 0.3) is 0 Å². The van der Waals surface area contributed by atoms with Gasteiger partial charge in [0.15, 0.2) is 0 Å². The maximum absolute atomic E-state index is 5.76. The largest absolute Gasteiger partial charge is 0.328 e. The molecule has 0 aromatic heterocycles. The van der Waals surface area contributed by atoms with E-state index in [0.717, 1.165) is 11.8 Å². The van der Waals surface area contributed by atoms with Gasteiger partial charge in [-0.1, -0.05) is 39.0 Å². The Bertz CT molecular complexity index is 123. The minimum atomic E-state index is 0.406. The number of hydrogen-bond acceptors (Lipinski definition) is 1. The first-order valence-electron chi connectivity index (χ1n) is 5.98. The third-order valence-corrected chi connectivity index (χ3v) is 3.57. The molecule has 0 spiro atoms. The summed E-state index contributed by atoms with van der Waals surface area (Å²) in [5.74, 6) is 2.03. The van der Waals surface area contributed by atoms with E-state index in [1.165, 1.54) is 44.9 Å². The molecule has 1 atom stereocenters. The minimum absolute atomic E-state index is 0.406. The summed E-state index contributed by atoms with van der Waals surface area (Å²) in [6.45, 7) is 4.45. The second-order valence-corrected chi connectivity index (χ2v) is 4.85. The molecule has 0 heterocycles. The lowest BCUT2D eigenvalue weighted by Gasteiger charge is -2.28. The first-order valence-corrected chi connectivity index (χ1v) is 5.98. The molecule has 0 bridgehead atoms. The molecular weight excluding hydrogens is 158 g/mol. The molecule has 0 aliphatic heterocycles. The summed E-state index contributed by atoms with van der Waals surface area (Å²) in [5, 5.41) is 0. The number of hydrogen-bond donors (Lipinski definition) is 1. The maximum Gasteiger partial charge on any atom is 0.00105 e. The van der Waals surface area contributed by atoms with Crippen LogP contribution in [-0.2, 0) is 0 Å². The molecule has 1 aliphatic carbocycles. The Morgan fingerprint density at radius 2 is 1.69 bits per heavy atom. The van der Waals surface area contributed by atoms with Gasteiger partial charge in [-0.05, 0) is 31.6 Å². The van der Waals surface area contributed by atoms with Crippen LogP contribution in [0.3, 0.4) is 0 Å². The van der Waals surface area contributed by atoms with E-state index < -0.39 is 0 Å². The zero-order valence-electron chi connectivity index (χ0n) is 9.26. The van der Waals surface area contributed by atoms with Crippen molar-refractivity contribution in [3.05, 3.63) is 0 Å². The smallest absolute Gasteiger partial charge is 0.00105 e. The van der Waals surface area contributed by atoms with Crippen LogP contribution in [0.15, 0.2) is 0 Å². The van der Waals surface area contributed by atoms with Crippen molar-refractivity contribution in [3.8, 4) is 0 Å². The molecule has 2 N–H and O–H groups in total. The van der Waals surface area contributed by atoms with Crippen molar-refractivity contribution < 1.29 is 0 Å². The monoisotopic (exact) mass is 183 g/mol. The molecule has 0 aromatic rings. The van der Waals surface area contributed by atoms with Crippen LogP contribution in [0.4, 0.5) is 0 Å². The van der Waals surface area contributed by atoms with E-state index in [9.17, 15) is 0 Å². The predicted molar refractivity (Wildman–Crippen MR) is 58.6 cm³/mol. The summed E-state index contributed by atoms with van der Waals surface area (Å²) < 4.78 is 0. The van der Waals surface area contributed by atoms with Crippen molar-refractivity contribution >= 4 is 0 Å². The van der Waals surface area contributed by atoms with Gasteiger partial charge in [0.2, 0.25) is 0 Å². The fourth-order valence-corrected chi connectivity index (χ4v) is 2.43. The Labute approximate surface area is 83.1 Å². The predicted octanol–water partition coefficient (Wildman–Crippen LogP) is 3.33. The van der Waals surface area contributed by atoms with Crippen molar-refractivity contribution in [1.29, 1.82) is 0 Å². The molecule has 0 amide bonds. The van der Waals surface area contributed by atoms with Crippen molar-refractivity contribution in [2.24, 2.45) is 17.6 Å². The topological polar surface area (TPSA) is 26.0 Å². The van der Waals surface area contributed by atoms with Crippen LogP contribution in [0.1, 0.15) is 58.8 Å². The average molecular weight is 183 g/mol. The van der Waals surface area contributed by atoms with E-state index >= 15 is 0 Å². The molecule has 1 nitrogen and oxygen atoms in total. The quantitative estimate of drug-likeness (QED) is 0.711. The Morgan fingerprint density at radius 3 is 2.15 bits per heavy atom. The van der Waals surface area contributed by atoms with Crippen LogP contribution < -0.4 is 5.73 Å².